The van der Waals surface area contributed by atoms with Crippen molar-refractivity contribution in [3.63, 3.8) is 0 Å². The SMILES string of the molecule is CCN(CC(=O)Nc1sc2c(c1C#N)CCC2)Cc1nc2ccccc2c(=O)[nH]1. The molecule has 1 aliphatic carbocycles. The van der Waals surface area contributed by atoms with Crippen molar-refractivity contribution in [1.82, 2.24) is 14.9 Å². The fourth-order valence-corrected chi connectivity index (χ4v) is 4.94. The number of H-pyrrole nitrogens is 1. The number of hydrogen-bond acceptors (Lipinski definition) is 6. The van der Waals surface area contributed by atoms with Crippen LogP contribution in [-0.4, -0.2) is 33.9 Å². The molecule has 2 N–H and O–H groups in total. The van der Waals surface area contributed by atoms with E-state index < -0.39 is 0 Å². The number of benzene rings is 1. The minimum atomic E-state index is -0.183. The van der Waals surface area contributed by atoms with Crippen LogP contribution in [0.3, 0.4) is 0 Å². The maximum Gasteiger partial charge on any atom is 0.258 e. The Morgan fingerprint density at radius 1 is 1.38 bits per heavy atom. The van der Waals surface area contributed by atoms with Crippen molar-refractivity contribution >= 4 is 33.1 Å². The van der Waals surface area contributed by atoms with E-state index in [4.69, 9.17) is 0 Å². The number of likely N-dealkylation sites (N-methyl/N-ethyl adjacent to an activating group) is 1. The Balaban J connectivity index is 1.46. The summed E-state index contributed by atoms with van der Waals surface area (Å²) in [6.45, 7) is 3.08. The van der Waals surface area contributed by atoms with Gasteiger partial charge in [0.15, 0.2) is 0 Å². The average molecular weight is 407 g/mol. The molecule has 8 heteroatoms. The van der Waals surface area contributed by atoms with Gasteiger partial charge in [-0.1, -0.05) is 19.1 Å². The number of fused-ring (bicyclic) bond motifs is 2. The first-order valence-corrected chi connectivity index (χ1v) is 10.5. The second kappa shape index (κ2) is 8.15. The summed E-state index contributed by atoms with van der Waals surface area (Å²) in [7, 11) is 0. The van der Waals surface area contributed by atoms with Gasteiger partial charge in [-0.3, -0.25) is 14.5 Å². The van der Waals surface area contributed by atoms with Crippen molar-refractivity contribution in [2.75, 3.05) is 18.4 Å². The van der Waals surface area contributed by atoms with Crippen LogP contribution in [0.4, 0.5) is 5.00 Å². The Bertz CT molecular complexity index is 1170. The summed E-state index contributed by atoms with van der Waals surface area (Å²) in [6.07, 6.45) is 2.96. The summed E-state index contributed by atoms with van der Waals surface area (Å²) in [5.74, 6) is 0.350. The smallest absolute Gasteiger partial charge is 0.258 e. The van der Waals surface area contributed by atoms with Crippen LogP contribution in [0.1, 0.15) is 35.2 Å². The molecule has 2 heterocycles. The van der Waals surface area contributed by atoms with Crippen LogP contribution in [0.25, 0.3) is 10.9 Å². The first-order valence-electron chi connectivity index (χ1n) is 9.63. The van der Waals surface area contributed by atoms with Crippen LogP contribution in [0.5, 0.6) is 0 Å². The van der Waals surface area contributed by atoms with Gasteiger partial charge in [0.05, 0.1) is 29.6 Å². The summed E-state index contributed by atoms with van der Waals surface area (Å²) >= 11 is 1.51. The molecule has 3 aromatic rings. The quantitative estimate of drug-likeness (QED) is 0.654. The lowest BCUT2D eigenvalue weighted by Crippen LogP contribution is -2.33. The first-order chi connectivity index (χ1) is 14.1. The van der Waals surface area contributed by atoms with Gasteiger partial charge in [-0.15, -0.1) is 11.3 Å². The molecule has 1 aromatic carbocycles. The van der Waals surface area contributed by atoms with Gasteiger partial charge < -0.3 is 10.3 Å². The van der Waals surface area contributed by atoms with E-state index in [2.05, 4.69) is 21.4 Å². The predicted octanol–water partition coefficient (Wildman–Crippen LogP) is 2.81. The number of hydrogen-bond donors (Lipinski definition) is 2. The second-order valence-electron chi connectivity index (χ2n) is 7.05. The molecule has 0 atom stereocenters. The summed E-state index contributed by atoms with van der Waals surface area (Å²) < 4.78 is 0. The van der Waals surface area contributed by atoms with Crippen LogP contribution >= 0.6 is 11.3 Å². The Hall–Kier alpha value is -3.02. The van der Waals surface area contributed by atoms with Crippen LogP contribution < -0.4 is 10.9 Å². The molecule has 1 amide bonds. The van der Waals surface area contributed by atoms with Crippen molar-refractivity contribution in [1.29, 1.82) is 5.26 Å². The van der Waals surface area contributed by atoms with Crippen molar-refractivity contribution in [2.45, 2.75) is 32.7 Å². The Morgan fingerprint density at radius 3 is 3.00 bits per heavy atom. The van der Waals surface area contributed by atoms with Gasteiger partial charge >= 0.3 is 0 Å². The number of aromatic amines is 1. The Labute approximate surface area is 172 Å². The van der Waals surface area contributed by atoms with Crippen molar-refractivity contribution in [3.8, 4) is 6.07 Å². The number of amides is 1. The summed E-state index contributed by atoms with van der Waals surface area (Å²) in [6, 6.07) is 9.43. The number of nitriles is 1. The third kappa shape index (κ3) is 3.92. The molecule has 0 radical (unpaired) electrons. The van der Waals surface area contributed by atoms with Crippen LogP contribution in [0.15, 0.2) is 29.1 Å². The van der Waals surface area contributed by atoms with E-state index in [1.807, 2.05) is 17.9 Å². The molecular weight excluding hydrogens is 386 g/mol. The Morgan fingerprint density at radius 2 is 2.21 bits per heavy atom. The van der Waals surface area contributed by atoms with Gasteiger partial charge in [0.25, 0.3) is 5.56 Å². The molecule has 2 aromatic heterocycles. The third-order valence-electron chi connectivity index (χ3n) is 5.14. The number of aromatic nitrogens is 2. The molecule has 7 nitrogen and oxygen atoms in total. The van der Waals surface area contributed by atoms with Gasteiger partial charge in [0, 0.05) is 4.88 Å². The van der Waals surface area contributed by atoms with Gasteiger partial charge in [-0.25, -0.2) is 4.98 Å². The monoisotopic (exact) mass is 407 g/mol. The molecular formula is C21H21N5O2S. The lowest BCUT2D eigenvalue weighted by atomic mass is 10.1. The minimum absolute atomic E-state index is 0.153. The first kappa shape index (κ1) is 19.3. The molecule has 0 spiro atoms. The lowest BCUT2D eigenvalue weighted by molar-refractivity contribution is -0.117. The van der Waals surface area contributed by atoms with Crippen LogP contribution in [0.2, 0.25) is 0 Å². The number of rotatable bonds is 6. The standard InChI is InChI=1S/C21H21N5O2S/c1-2-26(11-18-23-16-8-4-3-6-14(16)20(28)24-18)12-19(27)25-21-15(10-22)13-7-5-9-17(13)29-21/h3-4,6,8H,2,5,7,9,11-12H2,1H3,(H,25,27)(H,23,24,28). The zero-order valence-corrected chi connectivity index (χ0v) is 16.9. The molecule has 1 aliphatic rings. The highest BCUT2D eigenvalue weighted by atomic mass is 32.1. The van der Waals surface area contributed by atoms with E-state index in [0.717, 1.165) is 24.8 Å². The number of thiophene rings is 1. The van der Waals surface area contributed by atoms with E-state index in [1.165, 1.54) is 16.2 Å². The molecule has 0 unspecified atom stereocenters. The molecule has 0 saturated carbocycles. The molecule has 29 heavy (non-hydrogen) atoms. The lowest BCUT2D eigenvalue weighted by Gasteiger charge is -2.19. The Kier molecular flexibility index (Phi) is 5.43. The molecule has 148 valence electrons. The van der Waals surface area contributed by atoms with E-state index in [-0.39, 0.29) is 18.0 Å². The number of aryl methyl sites for hydroxylation is 1. The summed E-state index contributed by atoms with van der Waals surface area (Å²) in [4.78, 5) is 35.3. The molecule has 0 aliphatic heterocycles. The van der Waals surface area contributed by atoms with Gasteiger partial charge in [-0.2, -0.15) is 5.26 Å². The van der Waals surface area contributed by atoms with E-state index in [1.54, 1.807) is 18.2 Å². The number of anilines is 1. The molecule has 0 bridgehead atoms. The normalized spacial score (nSPS) is 12.9. The number of nitrogens with zero attached hydrogens (tertiary/aromatic N) is 3. The topological polar surface area (TPSA) is 102 Å². The maximum atomic E-state index is 12.6. The van der Waals surface area contributed by atoms with E-state index >= 15 is 0 Å². The van der Waals surface area contributed by atoms with E-state index in [9.17, 15) is 14.9 Å². The molecule has 0 saturated heterocycles. The van der Waals surface area contributed by atoms with Crippen LogP contribution in [-0.2, 0) is 24.2 Å². The van der Waals surface area contributed by atoms with Crippen LogP contribution in [0, 0.1) is 11.3 Å². The van der Waals surface area contributed by atoms with Gasteiger partial charge in [-0.05, 0) is 43.5 Å². The highest BCUT2D eigenvalue weighted by molar-refractivity contribution is 7.16. The average Bonchev–Trinajstić information content (AvgIpc) is 3.28. The van der Waals surface area contributed by atoms with Gasteiger partial charge in [0.1, 0.15) is 16.9 Å². The largest absolute Gasteiger partial charge is 0.315 e. The molecule has 4 rings (SSSR count). The number of para-hydroxylation sites is 1. The summed E-state index contributed by atoms with van der Waals surface area (Å²) in [5, 5.41) is 13.6. The zero-order valence-electron chi connectivity index (χ0n) is 16.1. The molecule has 0 fully saturated rings. The fraction of sp³-hybridized carbons (Fsp3) is 0.333. The fourth-order valence-electron chi connectivity index (χ4n) is 3.68. The van der Waals surface area contributed by atoms with Crippen molar-refractivity contribution in [3.05, 3.63) is 56.4 Å². The highest BCUT2D eigenvalue weighted by Crippen LogP contribution is 2.38. The number of carbonyl (C=O) groups is 1. The number of carbonyl (C=O) groups excluding carboxylic acids is 1. The summed E-state index contributed by atoms with van der Waals surface area (Å²) in [5.41, 5.74) is 2.16. The van der Waals surface area contributed by atoms with Gasteiger partial charge in [0.2, 0.25) is 5.91 Å². The zero-order chi connectivity index (χ0) is 20.4. The third-order valence-corrected chi connectivity index (χ3v) is 6.34. The number of nitrogens with one attached hydrogen (secondary N) is 2. The van der Waals surface area contributed by atoms with Crippen molar-refractivity contribution in [2.24, 2.45) is 0 Å². The van der Waals surface area contributed by atoms with Crippen molar-refractivity contribution < 1.29 is 4.79 Å². The maximum absolute atomic E-state index is 12.6. The highest BCUT2D eigenvalue weighted by Gasteiger charge is 2.23. The predicted molar refractivity (Wildman–Crippen MR) is 113 cm³/mol. The second-order valence-corrected chi connectivity index (χ2v) is 8.16. The minimum Gasteiger partial charge on any atom is -0.315 e. The van der Waals surface area contributed by atoms with E-state index in [0.29, 0.717) is 40.4 Å².